The van der Waals surface area contributed by atoms with Gasteiger partial charge in [-0.15, -0.1) is 0 Å². The van der Waals surface area contributed by atoms with Crippen LogP contribution in [0.25, 0.3) is 0 Å². The quantitative estimate of drug-likeness (QED) is 0.704. The number of rotatable bonds is 2. The van der Waals surface area contributed by atoms with E-state index in [1.807, 2.05) is 4.90 Å². The largest absolute Gasteiger partial charge is 0.390 e. The number of likely N-dealkylation sites (tertiary alicyclic amines) is 1. The number of amides is 1. The first kappa shape index (κ1) is 15.9. The highest BCUT2D eigenvalue weighted by Crippen LogP contribution is 2.57. The van der Waals surface area contributed by atoms with Crippen molar-refractivity contribution in [3.05, 3.63) is 0 Å². The highest BCUT2D eigenvalue weighted by molar-refractivity contribution is 5.83. The molecule has 2 bridgehead atoms. The van der Waals surface area contributed by atoms with Crippen molar-refractivity contribution in [2.75, 3.05) is 13.1 Å². The van der Waals surface area contributed by atoms with Crippen LogP contribution in [0.3, 0.4) is 0 Å². The standard InChI is InChI=1S/C18H30N2O3/c1-11-4-17(8-16(2,22)9-18(23,5-11)10-17)14(19)15(21)20-6-12-3-13(12)7-20/h11-14,22-23H,3-10,19H2,1-2H3. The van der Waals surface area contributed by atoms with Gasteiger partial charge in [0.05, 0.1) is 17.2 Å². The number of aliphatic hydroxyl groups is 2. The first-order valence-electron chi connectivity index (χ1n) is 9.11. The van der Waals surface area contributed by atoms with Gasteiger partial charge < -0.3 is 20.8 Å². The summed E-state index contributed by atoms with van der Waals surface area (Å²) in [5, 5.41) is 21.7. The molecule has 1 saturated heterocycles. The van der Waals surface area contributed by atoms with Gasteiger partial charge in [0, 0.05) is 24.9 Å². The molecule has 4 N–H and O–H groups in total. The molecule has 130 valence electrons. The Balaban J connectivity index is 1.59. The summed E-state index contributed by atoms with van der Waals surface area (Å²) >= 11 is 0. The predicted octanol–water partition coefficient (Wildman–Crippen LogP) is 0.874. The molecule has 4 aliphatic rings. The molecule has 3 saturated carbocycles. The molecule has 1 aliphatic heterocycles. The number of hydrogen-bond acceptors (Lipinski definition) is 4. The second kappa shape index (κ2) is 4.70. The first-order valence-corrected chi connectivity index (χ1v) is 9.11. The van der Waals surface area contributed by atoms with Gasteiger partial charge in [0.2, 0.25) is 5.91 Å². The van der Waals surface area contributed by atoms with Gasteiger partial charge in [0.1, 0.15) is 0 Å². The molecule has 1 amide bonds. The highest BCUT2D eigenvalue weighted by atomic mass is 16.3. The maximum Gasteiger partial charge on any atom is 0.240 e. The van der Waals surface area contributed by atoms with Crippen LogP contribution in [0.4, 0.5) is 0 Å². The maximum absolute atomic E-state index is 13.0. The van der Waals surface area contributed by atoms with Gasteiger partial charge >= 0.3 is 0 Å². The fourth-order valence-electron chi connectivity index (χ4n) is 6.40. The topological polar surface area (TPSA) is 86.8 Å². The molecule has 23 heavy (non-hydrogen) atoms. The minimum absolute atomic E-state index is 0.0337. The molecule has 7 atom stereocenters. The Morgan fingerprint density at radius 1 is 1.17 bits per heavy atom. The first-order chi connectivity index (χ1) is 10.6. The lowest BCUT2D eigenvalue weighted by molar-refractivity contribution is -0.185. The van der Waals surface area contributed by atoms with Gasteiger partial charge in [-0.05, 0) is 56.8 Å². The number of nitrogens with two attached hydrogens (primary N) is 1. The van der Waals surface area contributed by atoms with E-state index in [9.17, 15) is 15.0 Å². The van der Waals surface area contributed by atoms with Crippen LogP contribution in [0.2, 0.25) is 0 Å². The van der Waals surface area contributed by atoms with E-state index in [-0.39, 0.29) is 5.91 Å². The fraction of sp³-hybridized carbons (Fsp3) is 0.944. The Bertz CT molecular complexity index is 522. The molecule has 5 nitrogen and oxygen atoms in total. The van der Waals surface area contributed by atoms with E-state index in [1.165, 1.54) is 6.42 Å². The summed E-state index contributed by atoms with van der Waals surface area (Å²) in [5.41, 5.74) is 4.20. The van der Waals surface area contributed by atoms with Gasteiger partial charge in [-0.2, -0.15) is 0 Å². The van der Waals surface area contributed by atoms with Crippen molar-refractivity contribution in [3.8, 4) is 0 Å². The number of piperidine rings is 1. The summed E-state index contributed by atoms with van der Waals surface area (Å²) in [6.45, 7) is 5.61. The molecule has 0 aromatic carbocycles. The summed E-state index contributed by atoms with van der Waals surface area (Å²) in [7, 11) is 0. The molecule has 0 radical (unpaired) electrons. The number of fused-ring (bicyclic) bond motifs is 3. The van der Waals surface area contributed by atoms with Crippen LogP contribution in [0, 0.1) is 23.2 Å². The van der Waals surface area contributed by atoms with Crippen molar-refractivity contribution in [2.24, 2.45) is 28.9 Å². The van der Waals surface area contributed by atoms with Crippen molar-refractivity contribution in [3.63, 3.8) is 0 Å². The highest BCUT2D eigenvalue weighted by Gasteiger charge is 2.60. The third-order valence-electron chi connectivity index (χ3n) is 6.82. The molecule has 3 aliphatic carbocycles. The smallest absolute Gasteiger partial charge is 0.240 e. The molecule has 5 heteroatoms. The van der Waals surface area contributed by atoms with Crippen LogP contribution in [0.15, 0.2) is 0 Å². The lowest BCUT2D eigenvalue weighted by Gasteiger charge is -2.58. The number of hydrogen-bond donors (Lipinski definition) is 3. The van der Waals surface area contributed by atoms with Crippen molar-refractivity contribution in [1.82, 2.24) is 4.90 Å². The second-order valence-electron chi connectivity index (χ2n) is 9.60. The lowest BCUT2D eigenvalue weighted by atomic mass is 9.51. The Labute approximate surface area is 138 Å². The van der Waals surface area contributed by atoms with Crippen LogP contribution >= 0.6 is 0 Å². The molecule has 0 spiro atoms. The molecule has 1 heterocycles. The average Bonchev–Trinajstić information content (AvgIpc) is 2.99. The van der Waals surface area contributed by atoms with E-state index in [1.54, 1.807) is 6.92 Å². The Hall–Kier alpha value is -0.650. The van der Waals surface area contributed by atoms with E-state index >= 15 is 0 Å². The van der Waals surface area contributed by atoms with Gasteiger partial charge in [-0.3, -0.25) is 4.79 Å². The van der Waals surface area contributed by atoms with Crippen LogP contribution in [0.5, 0.6) is 0 Å². The minimum Gasteiger partial charge on any atom is -0.390 e. The lowest BCUT2D eigenvalue weighted by Crippen LogP contribution is -2.64. The molecule has 4 fully saturated rings. The summed E-state index contributed by atoms with van der Waals surface area (Å²) in [6, 6.07) is -0.610. The zero-order chi connectivity index (χ0) is 16.6. The third kappa shape index (κ3) is 2.61. The summed E-state index contributed by atoms with van der Waals surface area (Å²) in [6.07, 6.45) is 4.23. The van der Waals surface area contributed by atoms with E-state index in [0.29, 0.717) is 43.4 Å². The van der Waals surface area contributed by atoms with E-state index < -0.39 is 22.7 Å². The Morgan fingerprint density at radius 3 is 2.48 bits per heavy atom. The van der Waals surface area contributed by atoms with Gasteiger partial charge in [0.25, 0.3) is 0 Å². The monoisotopic (exact) mass is 322 g/mol. The van der Waals surface area contributed by atoms with Gasteiger partial charge in [0.15, 0.2) is 0 Å². The molecule has 4 rings (SSSR count). The molecule has 7 unspecified atom stereocenters. The Kier molecular flexibility index (Phi) is 3.24. The summed E-state index contributed by atoms with van der Waals surface area (Å²) in [4.78, 5) is 14.9. The van der Waals surface area contributed by atoms with E-state index in [2.05, 4.69) is 6.92 Å². The second-order valence-corrected chi connectivity index (χ2v) is 9.60. The van der Waals surface area contributed by atoms with E-state index in [4.69, 9.17) is 5.73 Å². The maximum atomic E-state index is 13.0. The van der Waals surface area contributed by atoms with Crippen molar-refractivity contribution in [1.29, 1.82) is 0 Å². The zero-order valence-electron chi connectivity index (χ0n) is 14.3. The van der Waals surface area contributed by atoms with Crippen LogP contribution < -0.4 is 5.73 Å². The summed E-state index contributed by atoms with van der Waals surface area (Å²) in [5.74, 6) is 1.75. The average molecular weight is 322 g/mol. The van der Waals surface area contributed by atoms with Crippen LogP contribution in [0.1, 0.15) is 52.4 Å². The van der Waals surface area contributed by atoms with Crippen LogP contribution in [-0.2, 0) is 4.79 Å². The van der Waals surface area contributed by atoms with Gasteiger partial charge in [-0.1, -0.05) is 6.92 Å². The molecule has 0 aromatic rings. The number of nitrogens with zero attached hydrogens (tertiary/aromatic N) is 1. The van der Waals surface area contributed by atoms with Crippen LogP contribution in [-0.4, -0.2) is 51.4 Å². The summed E-state index contributed by atoms with van der Waals surface area (Å²) < 4.78 is 0. The number of carbonyl (C=O) groups is 1. The zero-order valence-corrected chi connectivity index (χ0v) is 14.3. The fourth-order valence-corrected chi connectivity index (χ4v) is 6.40. The normalized spacial score (nSPS) is 52.9. The predicted molar refractivity (Wildman–Crippen MR) is 86.4 cm³/mol. The molecular weight excluding hydrogens is 292 g/mol. The minimum atomic E-state index is -0.946. The SMILES string of the molecule is CC1CC2(O)CC(C)(O)CC(C(N)C(=O)N3CC4CC4C3)(C1)C2. The van der Waals surface area contributed by atoms with E-state index in [0.717, 1.165) is 19.5 Å². The molecule has 0 aromatic heterocycles. The molecular formula is C18H30N2O3. The van der Waals surface area contributed by atoms with Crippen molar-refractivity contribution in [2.45, 2.75) is 69.6 Å². The third-order valence-corrected chi connectivity index (χ3v) is 6.82. The van der Waals surface area contributed by atoms with Gasteiger partial charge in [-0.25, -0.2) is 0 Å². The van der Waals surface area contributed by atoms with Crippen molar-refractivity contribution >= 4 is 5.91 Å². The Morgan fingerprint density at radius 2 is 1.83 bits per heavy atom. The van der Waals surface area contributed by atoms with Crippen molar-refractivity contribution < 1.29 is 15.0 Å². The number of carbonyl (C=O) groups excluding carboxylic acids is 1.